The second-order valence-corrected chi connectivity index (χ2v) is 6.47. The Morgan fingerprint density at radius 2 is 1.14 bits per heavy atom. The Kier molecular flexibility index (Phi) is 5.23. The molecule has 0 N–H and O–H groups in total. The maximum Gasteiger partial charge on any atom is 0.460 e. The van der Waals surface area contributed by atoms with Crippen LogP contribution in [0.1, 0.15) is 6.92 Å². The molecular weight excluding hydrogens is 433 g/mol. The Bertz CT molecular complexity index is 680. The highest BCUT2D eigenvalue weighted by Gasteiger charge is 2.94. The van der Waals surface area contributed by atoms with Crippen LogP contribution in [-0.4, -0.2) is 65.8 Å². The zero-order valence-electron chi connectivity index (χ0n) is 13.8. The van der Waals surface area contributed by atoms with Gasteiger partial charge in [-0.15, -0.1) is 0 Å². The van der Waals surface area contributed by atoms with Gasteiger partial charge in [0.1, 0.15) is 6.54 Å². The van der Waals surface area contributed by atoms with E-state index < -0.39 is 64.3 Å². The molecule has 0 spiro atoms. The van der Waals surface area contributed by atoms with Crippen molar-refractivity contribution in [3.8, 4) is 0 Å². The van der Waals surface area contributed by atoms with Crippen molar-refractivity contribution >= 4 is 5.91 Å². The number of carbonyl (C=O) groups excluding carboxylic acids is 1. The second kappa shape index (κ2) is 5.98. The van der Waals surface area contributed by atoms with Crippen LogP contribution in [0, 0.1) is 0 Å². The third-order valence-electron chi connectivity index (χ3n) is 4.31. The maximum absolute atomic E-state index is 13.9. The van der Waals surface area contributed by atoms with Crippen LogP contribution in [0.2, 0.25) is 0 Å². The predicted octanol–water partition coefficient (Wildman–Crippen LogP) is 4.66. The summed E-state index contributed by atoms with van der Waals surface area (Å²) in [5.74, 6) is -38.6. The normalized spacial score (nSPS) is 24.9. The van der Waals surface area contributed by atoms with E-state index in [4.69, 9.17) is 0 Å². The fraction of sp³-hybridized carbons (Fsp3) is 0.769. The van der Waals surface area contributed by atoms with Gasteiger partial charge >= 0.3 is 41.7 Å². The van der Waals surface area contributed by atoms with Crippen LogP contribution in [0.5, 0.6) is 0 Å². The first-order valence-electron chi connectivity index (χ1n) is 6.96. The van der Waals surface area contributed by atoms with Gasteiger partial charge in [0.05, 0.1) is 7.05 Å². The number of rotatable bonds is 6. The Labute approximate surface area is 148 Å². The Morgan fingerprint density at radius 3 is 1.46 bits per heavy atom. The van der Waals surface area contributed by atoms with E-state index in [9.17, 15) is 61.9 Å². The van der Waals surface area contributed by atoms with Crippen LogP contribution in [0.25, 0.3) is 0 Å². The molecule has 1 heterocycles. The minimum Gasteiger partial charge on any atom is -0.241 e. The maximum atomic E-state index is 13.9. The summed E-state index contributed by atoms with van der Waals surface area (Å²) in [6.07, 6.45) is -7.45. The lowest BCUT2D eigenvalue weighted by Gasteiger charge is -2.39. The first kappa shape index (κ1) is 24.5. The summed E-state index contributed by atoms with van der Waals surface area (Å²) in [5, 5.41) is 0. The molecule has 0 saturated carbocycles. The van der Waals surface area contributed by atoms with Crippen molar-refractivity contribution in [2.45, 2.75) is 48.8 Å². The van der Waals surface area contributed by atoms with Crippen LogP contribution in [0.4, 0.5) is 57.1 Å². The summed E-state index contributed by atoms with van der Waals surface area (Å²) in [4.78, 5) is 11.6. The summed E-state index contributed by atoms with van der Waals surface area (Å²) in [5.41, 5.74) is -0.509. The van der Waals surface area contributed by atoms with Gasteiger partial charge in [-0.3, -0.25) is 0 Å². The third kappa shape index (κ3) is 2.87. The van der Waals surface area contributed by atoms with E-state index in [1.165, 1.54) is 0 Å². The van der Waals surface area contributed by atoms with Gasteiger partial charge < -0.3 is 0 Å². The van der Waals surface area contributed by atoms with Crippen LogP contribution in [0.3, 0.4) is 0 Å². The quantitative estimate of drug-likeness (QED) is 0.252. The van der Waals surface area contributed by atoms with E-state index in [2.05, 4.69) is 6.58 Å². The van der Waals surface area contributed by atoms with E-state index in [1.54, 1.807) is 0 Å². The number of likely N-dealkylation sites (N-methyl/N-ethyl adjacent to an activating group) is 1. The summed E-state index contributed by atoms with van der Waals surface area (Å²) < 4.78 is 168. The predicted molar refractivity (Wildman–Crippen MR) is 65.5 cm³/mol. The van der Waals surface area contributed by atoms with E-state index >= 15 is 0 Å². The number of hydrogen-bond acceptors (Lipinski definition) is 1. The Morgan fingerprint density at radius 1 is 0.786 bits per heavy atom. The van der Waals surface area contributed by atoms with Gasteiger partial charge in [0, 0.05) is 5.57 Å². The smallest absolute Gasteiger partial charge is 0.241 e. The topological polar surface area (TPSA) is 17.1 Å². The average Bonchev–Trinajstić information content (AvgIpc) is 3.18. The number of alkyl halides is 13. The summed E-state index contributed by atoms with van der Waals surface area (Å²) in [6.45, 7) is 2.62. The number of nitrogens with zero attached hydrogens (tertiary/aromatic N) is 1. The molecule has 1 rings (SSSR count). The lowest BCUT2D eigenvalue weighted by atomic mass is 9.92. The molecule has 2 unspecified atom stereocenters. The van der Waals surface area contributed by atoms with Crippen molar-refractivity contribution in [1.82, 2.24) is 0 Å². The minimum absolute atomic E-state index is 0.509. The molecule has 15 heteroatoms. The van der Waals surface area contributed by atoms with Crippen molar-refractivity contribution in [3.05, 3.63) is 12.2 Å². The Balaban J connectivity index is 3.44. The van der Waals surface area contributed by atoms with Gasteiger partial charge in [-0.2, -0.15) is 57.1 Å². The van der Waals surface area contributed by atoms with E-state index in [0.717, 1.165) is 6.92 Å². The fourth-order valence-electron chi connectivity index (χ4n) is 2.44. The number of quaternary nitrogens is 1. The van der Waals surface area contributed by atoms with Crippen molar-refractivity contribution in [2.24, 2.45) is 0 Å². The molecule has 1 saturated heterocycles. The molecule has 1 aliphatic heterocycles. The van der Waals surface area contributed by atoms with Gasteiger partial charge in [-0.1, -0.05) is 6.58 Å². The minimum atomic E-state index is -7.94. The van der Waals surface area contributed by atoms with Gasteiger partial charge in [0.2, 0.25) is 6.04 Å². The van der Waals surface area contributed by atoms with Crippen molar-refractivity contribution in [3.63, 3.8) is 0 Å². The second-order valence-electron chi connectivity index (χ2n) is 6.47. The standard InChI is InChI=1S/C13H11F13NO/c1-5(2)7(28)27(3)4-6(27)8(14,15)9(16,17)10(18,19)11(20,21)12(22,23)13(24,25)26/h6H,1,4H2,2-3H3/q+1. The van der Waals surface area contributed by atoms with E-state index in [0.29, 0.717) is 7.05 Å². The molecule has 0 bridgehead atoms. The van der Waals surface area contributed by atoms with Gasteiger partial charge in [-0.05, 0) is 6.92 Å². The number of amides is 1. The lowest BCUT2D eigenvalue weighted by molar-refractivity contribution is -0.719. The molecule has 164 valence electrons. The molecule has 1 fully saturated rings. The molecule has 1 amide bonds. The van der Waals surface area contributed by atoms with E-state index in [-0.39, 0.29) is 0 Å². The van der Waals surface area contributed by atoms with Crippen LogP contribution >= 0.6 is 0 Å². The zero-order valence-corrected chi connectivity index (χ0v) is 13.8. The molecule has 2 atom stereocenters. The molecule has 0 radical (unpaired) electrons. The molecule has 1 aliphatic rings. The van der Waals surface area contributed by atoms with Crippen LogP contribution in [0.15, 0.2) is 12.2 Å². The molecule has 28 heavy (non-hydrogen) atoms. The van der Waals surface area contributed by atoms with E-state index in [1.807, 2.05) is 0 Å². The van der Waals surface area contributed by atoms with Crippen LogP contribution in [-0.2, 0) is 4.79 Å². The molecule has 0 aromatic rings. The van der Waals surface area contributed by atoms with Crippen LogP contribution < -0.4 is 0 Å². The molecule has 2 nitrogen and oxygen atoms in total. The highest BCUT2D eigenvalue weighted by atomic mass is 19.4. The summed E-state index contributed by atoms with van der Waals surface area (Å²) >= 11 is 0. The van der Waals surface area contributed by atoms with Crippen molar-refractivity contribution in [1.29, 1.82) is 0 Å². The monoisotopic (exact) mass is 444 g/mol. The summed E-state index contributed by atoms with van der Waals surface area (Å²) in [7, 11) is 0.520. The summed E-state index contributed by atoms with van der Waals surface area (Å²) in [6, 6.07) is -3.09. The molecular formula is C13H11F13NO+. The molecule has 0 aromatic heterocycles. The number of carbonyl (C=O) groups is 1. The Hall–Kier alpha value is -1.54. The number of hydrogen-bond donors (Lipinski definition) is 0. The highest BCUT2D eigenvalue weighted by Crippen LogP contribution is 2.62. The van der Waals surface area contributed by atoms with Crippen molar-refractivity contribution < 1.29 is 66.4 Å². The largest absolute Gasteiger partial charge is 0.460 e. The highest BCUT2D eigenvalue weighted by molar-refractivity contribution is 5.87. The SMILES string of the molecule is C=C(C)C(=O)[N+]1(C)CC1C(F)(F)C(F)(F)C(F)(F)C(F)(F)C(F)(F)C(F)(F)F. The first-order valence-corrected chi connectivity index (χ1v) is 6.96. The van der Waals surface area contributed by atoms with Gasteiger partial charge in [0.15, 0.2) is 0 Å². The fourth-order valence-corrected chi connectivity index (χ4v) is 2.44. The van der Waals surface area contributed by atoms with Crippen molar-refractivity contribution in [2.75, 3.05) is 13.6 Å². The number of halogens is 13. The third-order valence-corrected chi connectivity index (χ3v) is 4.31. The molecule has 0 aromatic carbocycles. The lowest BCUT2D eigenvalue weighted by Crippen LogP contribution is -2.71. The van der Waals surface area contributed by atoms with Gasteiger partial charge in [-0.25, -0.2) is 9.28 Å². The molecule has 0 aliphatic carbocycles. The average molecular weight is 444 g/mol. The first-order chi connectivity index (χ1) is 11.9. The zero-order chi connectivity index (χ0) is 22.9. The van der Waals surface area contributed by atoms with Gasteiger partial charge in [0.25, 0.3) is 0 Å².